The molecule has 266 valence electrons. The predicted octanol–water partition coefficient (Wildman–Crippen LogP) is 13.8. The first-order chi connectivity index (χ1) is 27.7. The molecule has 0 saturated carbocycles. The first-order valence-corrected chi connectivity index (χ1v) is 18.9. The van der Waals surface area contributed by atoms with E-state index in [1.54, 1.807) is 7.11 Å². The van der Waals surface area contributed by atoms with Crippen LogP contribution >= 0.6 is 0 Å². The minimum atomic E-state index is 0.848. The molecule has 0 fully saturated rings. The summed E-state index contributed by atoms with van der Waals surface area (Å²) < 4.78 is 8.13. The monoisotopic (exact) mass is 719 g/mol. The van der Waals surface area contributed by atoms with Crippen LogP contribution in [0.3, 0.4) is 0 Å². The number of fused-ring (bicyclic) bond motifs is 7. The molecule has 0 aliphatic rings. The molecule has 0 aliphatic heterocycles. The zero-order valence-corrected chi connectivity index (χ0v) is 30.9. The Kier molecular flexibility index (Phi) is 8.34. The van der Waals surface area contributed by atoms with E-state index < -0.39 is 0 Å². The smallest absolute Gasteiger partial charge is 0.138 e. The third-order valence-corrected chi connectivity index (χ3v) is 10.7. The molecular formula is C52H37N3O. The van der Waals surface area contributed by atoms with E-state index in [0.717, 1.165) is 78.2 Å². The number of aromatic nitrogens is 2. The summed E-state index contributed by atoms with van der Waals surface area (Å²) in [6.45, 7) is 0. The number of para-hydroxylation sites is 2. The number of rotatable bonds is 8. The lowest BCUT2D eigenvalue weighted by molar-refractivity contribution is 0.420. The predicted molar refractivity (Wildman–Crippen MR) is 236 cm³/mol. The number of anilines is 3. The second-order valence-electron chi connectivity index (χ2n) is 13.9. The van der Waals surface area contributed by atoms with Gasteiger partial charge < -0.3 is 9.64 Å². The largest absolute Gasteiger partial charge is 0.496 e. The highest BCUT2D eigenvalue weighted by atomic mass is 16.5. The minimum absolute atomic E-state index is 0.848. The Hall–Kier alpha value is -7.43. The lowest BCUT2D eigenvalue weighted by Gasteiger charge is -2.25. The average molecular weight is 720 g/mol. The minimum Gasteiger partial charge on any atom is -0.496 e. The SMILES string of the molecule is COc1ccc(-n2c(/C=C/c3ccc(-c4ccc(N(c5ccccc5)c5ccccc5)cc4)cc3)nc3c4ccccc4c4ccccc4c32)c2ccccc12. The van der Waals surface area contributed by atoms with Crippen LogP contribution in [0.1, 0.15) is 11.4 Å². The third-order valence-electron chi connectivity index (χ3n) is 10.7. The highest BCUT2D eigenvalue weighted by Gasteiger charge is 2.20. The second-order valence-corrected chi connectivity index (χ2v) is 13.9. The highest BCUT2D eigenvalue weighted by Crippen LogP contribution is 2.40. The number of imidazole rings is 1. The van der Waals surface area contributed by atoms with Crippen molar-refractivity contribution in [2.75, 3.05) is 12.0 Å². The molecule has 9 aromatic carbocycles. The summed E-state index contributed by atoms with van der Waals surface area (Å²) in [5, 5.41) is 6.88. The summed E-state index contributed by atoms with van der Waals surface area (Å²) in [4.78, 5) is 7.69. The fourth-order valence-electron chi connectivity index (χ4n) is 8.07. The first kappa shape index (κ1) is 33.2. The lowest BCUT2D eigenvalue weighted by Crippen LogP contribution is -2.09. The Morgan fingerprint density at radius 3 is 1.57 bits per heavy atom. The number of hydrogen-bond acceptors (Lipinski definition) is 3. The van der Waals surface area contributed by atoms with E-state index in [4.69, 9.17) is 9.72 Å². The molecule has 0 N–H and O–H groups in total. The molecular weight excluding hydrogens is 683 g/mol. The zero-order chi connectivity index (χ0) is 37.4. The Labute approximate surface area is 325 Å². The van der Waals surface area contributed by atoms with Crippen molar-refractivity contribution in [1.29, 1.82) is 0 Å². The highest BCUT2D eigenvalue weighted by molar-refractivity contribution is 6.24. The van der Waals surface area contributed by atoms with Crippen LogP contribution in [0.5, 0.6) is 5.75 Å². The van der Waals surface area contributed by atoms with Crippen molar-refractivity contribution in [2.24, 2.45) is 0 Å². The van der Waals surface area contributed by atoms with Gasteiger partial charge in [0.05, 0.1) is 23.8 Å². The van der Waals surface area contributed by atoms with E-state index in [1.165, 1.54) is 16.2 Å². The maximum absolute atomic E-state index is 5.80. The van der Waals surface area contributed by atoms with Crippen molar-refractivity contribution in [3.05, 3.63) is 206 Å². The molecule has 0 saturated heterocycles. The Balaban J connectivity index is 1.05. The summed E-state index contributed by atoms with van der Waals surface area (Å²) in [5.74, 6) is 1.71. The Morgan fingerprint density at radius 2 is 0.946 bits per heavy atom. The summed E-state index contributed by atoms with van der Waals surface area (Å²) >= 11 is 0. The molecule has 0 unspecified atom stereocenters. The van der Waals surface area contributed by atoms with Gasteiger partial charge in [-0.3, -0.25) is 4.57 Å². The fourth-order valence-corrected chi connectivity index (χ4v) is 8.07. The molecule has 10 aromatic rings. The maximum atomic E-state index is 5.80. The zero-order valence-electron chi connectivity index (χ0n) is 30.9. The standard InChI is InChI=1S/C52H37N3O/c1-56-49-34-33-48(44-20-10-11-21-45(44)49)55-50(53-51-46-22-12-8-18-42(46)43-19-9-13-23-47(43)52(51)55)35-26-36-24-27-37(28-25-36)38-29-31-41(32-30-38)54(39-14-4-2-5-15-39)40-16-6-3-7-17-40/h2-35H,1H3/b35-26+. The van der Waals surface area contributed by atoms with E-state index in [2.05, 4.69) is 216 Å². The van der Waals surface area contributed by atoms with Crippen LogP contribution in [-0.2, 0) is 0 Å². The van der Waals surface area contributed by atoms with Gasteiger partial charge in [-0.1, -0.05) is 152 Å². The van der Waals surface area contributed by atoms with Crippen molar-refractivity contribution in [1.82, 2.24) is 9.55 Å². The number of benzene rings is 9. The van der Waals surface area contributed by atoms with Gasteiger partial charge in [-0.25, -0.2) is 4.98 Å². The number of methoxy groups -OCH3 is 1. The van der Waals surface area contributed by atoms with Gasteiger partial charge in [0.2, 0.25) is 0 Å². The van der Waals surface area contributed by atoms with Gasteiger partial charge in [0.25, 0.3) is 0 Å². The van der Waals surface area contributed by atoms with Crippen molar-refractivity contribution < 1.29 is 4.74 Å². The van der Waals surface area contributed by atoms with E-state index in [0.29, 0.717) is 0 Å². The summed E-state index contributed by atoms with van der Waals surface area (Å²) in [7, 11) is 1.73. The molecule has 1 aromatic heterocycles. The fraction of sp³-hybridized carbons (Fsp3) is 0.0192. The maximum Gasteiger partial charge on any atom is 0.138 e. The summed E-state index contributed by atoms with van der Waals surface area (Å²) in [6, 6.07) is 68.5. The van der Waals surface area contributed by atoms with Crippen LogP contribution in [0.15, 0.2) is 194 Å². The van der Waals surface area contributed by atoms with E-state index >= 15 is 0 Å². The van der Waals surface area contributed by atoms with Crippen LogP contribution in [0, 0.1) is 0 Å². The van der Waals surface area contributed by atoms with Crippen molar-refractivity contribution in [2.45, 2.75) is 0 Å². The summed E-state index contributed by atoms with van der Waals surface area (Å²) in [5.41, 5.74) is 9.90. The molecule has 0 bridgehead atoms. The second kappa shape index (κ2) is 14.1. The van der Waals surface area contributed by atoms with Gasteiger partial charge in [-0.2, -0.15) is 0 Å². The van der Waals surface area contributed by atoms with Crippen LogP contribution in [-0.4, -0.2) is 16.7 Å². The molecule has 10 rings (SSSR count). The van der Waals surface area contributed by atoms with Crippen LogP contribution < -0.4 is 9.64 Å². The van der Waals surface area contributed by atoms with Crippen LogP contribution in [0.25, 0.3) is 72.3 Å². The van der Waals surface area contributed by atoms with Gasteiger partial charge in [0.15, 0.2) is 0 Å². The van der Waals surface area contributed by atoms with Crippen molar-refractivity contribution >= 4 is 72.6 Å². The molecule has 0 atom stereocenters. The normalized spacial score (nSPS) is 11.6. The molecule has 0 aliphatic carbocycles. The number of nitrogens with zero attached hydrogens (tertiary/aromatic N) is 3. The number of hydrogen-bond donors (Lipinski definition) is 0. The first-order valence-electron chi connectivity index (χ1n) is 18.9. The topological polar surface area (TPSA) is 30.3 Å². The molecule has 0 radical (unpaired) electrons. The molecule has 56 heavy (non-hydrogen) atoms. The molecule has 1 heterocycles. The van der Waals surface area contributed by atoms with Crippen molar-refractivity contribution in [3.63, 3.8) is 0 Å². The Bertz CT molecular complexity index is 3000. The van der Waals surface area contributed by atoms with Gasteiger partial charge >= 0.3 is 0 Å². The van der Waals surface area contributed by atoms with Gasteiger partial charge in [0.1, 0.15) is 11.6 Å². The molecule has 0 amide bonds. The van der Waals surface area contributed by atoms with E-state index in [1.807, 2.05) is 0 Å². The van der Waals surface area contributed by atoms with E-state index in [9.17, 15) is 0 Å². The quantitative estimate of drug-likeness (QED) is 0.147. The van der Waals surface area contributed by atoms with Gasteiger partial charge in [0, 0.05) is 38.6 Å². The van der Waals surface area contributed by atoms with E-state index in [-0.39, 0.29) is 0 Å². The molecule has 0 spiro atoms. The molecule has 4 heteroatoms. The number of ether oxygens (including phenoxy) is 1. The lowest BCUT2D eigenvalue weighted by atomic mass is 9.99. The van der Waals surface area contributed by atoms with Crippen molar-refractivity contribution in [3.8, 4) is 22.6 Å². The van der Waals surface area contributed by atoms with Gasteiger partial charge in [-0.15, -0.1) is 0 Å². The van der Waals surface area contributed by atoms with Crippen LogP contribution in [0.2, 0.25) is 0 Å². The molecule has 4 nitrogen and oxygen atoms in total. The summed E-state index contributed by atoms with van der Waals surface area (Å²) in [6.07, 6.45) is 4.31. The average Bonchev–Trinajstić information content (AvgIpc) is 3.66. The Morgan fingerprint density at radius 1 is 0.446 bits per heavy atom. The van der Waals surface area contributed by atoms with Crippen LogP contribution in [0.4, 0.5) is 17.1 Å². The van der Waals surface area contributed by atoms with Gasteiger partial charge in [-0.05, 0) is 82.1 Å². The third kappa shape index (κ3) is 5.76.